The maximum absolute atomic E-state index is 9.08. The Morgan fingerprint density at radius 3 is 2.60 bits per heavy atom. The summed E-state index contributed by atoms with van der Waals surface area (Å²) in [6.45, 7) is 0. The molecule has 0 aromatic heterocycles. The molecule has 0 radical (unpaired) electrons. The highest BCUT2D eigenvalue weighted by Crippen LogP contribution is 2.14. The molecule has 1 rings (SSSR count). The predicted molar refractivity (Wildman–Crippen MR) is 45.1 cm³/mol. The molecule has 0 aromatic carbocycles. The van der Waals surface area contributed by atoms with Crippen molar-refractivity contribution in [3.63, 3.8) is 0 Å². The first-order valence-electron chi connectivity index (χ1n) is 3.77. The summed E-state index contributed by atoms with van der Waals surface area (Å²) in [6.07, 6.45) is 8.99. The zero-order valence-corrected chi connectivity index (χ0v) is 5.77. The van der Waals surface area contributed by atoms with E-state index in [1.807, 2.05) is 6.08 Å². The second kappa shape index (κ2) is 5.33. The van der Waals surface area contributed by atoms with Crippen LogP contribution in [0.15, 0.2) is 11.8 Å². The highest BCUT2D eigenvalue weighted by atomic mass is 16.3. The Morgan fingerprint density at radius 1 is 1.10 bits per heavy atom. The zero-order valence-electron chi connectivity index (χ0n) is 5.77. The van der Waals surface area contributed by atoms with Crippen LogP contribution in [-0.4, -0.2) is 5.11 Å². The van der Waals surface area contributed by atoms with Crippen molar-refractivity contribution in [2.75, 3.05) is 0 Å². The molecule has 0 aromatic rings. The van der Waals surface area contributed by atoms with Crippen molar-refractivity contribution in [1.82, 2.24) is 0 Å². The van der Waals surface area contributed by atoms with Crippen molar-refractivity contribution in [2.24, 2.45) is 0 Å². The van der Waals surface area contributed by atoms with Crippen molar-refractivity contribution in [3.05, 3.63) is 11.8 Å². The molecule has 0 fully saturated rings. The van der Waals surface area contributed by atoms with Gasteiger partial charge in [0.05, 0.1) is 5.76 Å². The zero-order chi connectivity index (χ0) is 6.53. The second-order valence-electron chi connectivity index (χ2n) is 2.65. The third kappa shape index (κ3) is 3.54. The highest BCUT2D eigenvalue weighted by Gasteiger charge is 1.97. The fraction of sp³-hybridized carbons (Fsp3) is 0.778. The van der Waals surface area contributed by atoms with E-state index in [4.69, 9.17) is 5.11 Å². The van der Waals surface area contributed by atoms with E-state index in [1.54, 1.807) is 0 Å². The van der Waals surface area contributed by atoms with Crippen molar-refractivity contribution >= 4 is 0 Å². The number of aliphatic hydroxyl groups excluding tert-OH is 1. The molecule has 1 heteroatoms. The van der Waals surface area contributed by atoms with Gasteiger partial charge in [-0.1, -0.05) is 20.3 Å². The van der Waals surface area contributed by atoms with Crippen LogP contribution in [0, 0.1) is 0 Å². The number of hydrogen-bond donors (Lipinski definition) is 1. The van der Waals surface area contributed by atoms with Gasteiger partial charge in [-0.15, -0.1) is 0 Å². The molecule has 0 saturated heterocycles. The van der Waals surface area contributed by atoms with Crippen LogP contribution in [0.3, 0.4) is 0 Å². The summed E-state index contributed by atoms with van der Waals surface area (Å²) in [6, 6.07) is 0. The summed E-state index contributed by atoms with van der Waals surface area (Å²) in [7, 11) is 0. The lowest BCUT2D eigenvalue weighted by atomic mass is 10.1. The molecule has 1 nitrogen and oxygen atoms in total. The molecule has 0 aliphatic heterocycles. The molecule has 0 spiro atoms. The van der Waals surface area contributed by atoms with Crippen molar-refractivity contribution < 1.29 is 5.11 Å². The monoisotopic (exact) mass is 142 g/mol. The van der Waals surface area contributed by atoms with Crippen LogP contribution in [0.5, 0.6) is 0 Å². The summed E-state index contributed by atoms with van der Waals surface area (Å²) in [5, 5.41) is 9.08. The maximum Gasteiger partial charge on any atom is 0.0882 e. The van der Waals surface area contributed by atoms with Gasteiger partial charge in [-0.05, 0) is 25.3 Å². The van der Waals surface area contributed by atoms with Gasteiger partial charge in [0.1, 0.15) is 0 Å². The molecule has 1 aliphatic carbocycles. The van der Waals surface area contributed by atoms with Crippen LogP contribution >= 0.6 is 0 Å². The quantitative estimate of drug-likeness (QED) is 0.549. The molecule has 60 valence electrons. The van der Waals surface area contributed by atoms with E-state index < -0.39 is 0 Å². The Bertz CT molecular complexity index is 105. The Labute approximate surface area is 63.8 Å². The average Bonchev–Trinajstić information content (AvgIpc) is 1.79. The Balaban J connectivity index is 0.000000810. The van der Waals surface area contributed by atoms with Crippen LogP contribution in [0.1, 0.15) is 46.0 Å². The SMILES string of the molecule is C.O/C1=C/CCCCCC1. The topological polar surface area (TPSA) is 20.2 Å². The smallest absolute Gasteiger partial charge is 0.0882 e. The van der Waals surface area contributed by atoms with Gasteiger partial charge >= 0.3 is 0 Å². The first-order valence-corrected chi connectivity index (χ1v) is 3.77. The lowest BCUT2D eigenvalue weighted by Crippen LogP contribution is -1.87. The standard InChI is InChI=1S/C8H14O.CH4/c9-8-6-4-2-1-3-5-7-8;/h6,9H,1-5,7H2;1H4/b8-6+;. The largest absolute Gasteiger partial charge is 0.513 e. The van der Waals surface area contributed by atoms with Gasteiger partial charge in [0.2, 0.25) is 0 Å². The van der Waals surface area contributed by atoms with E-state index in [9.17, 15) is 0 Å². The van der Waals surface area contributed by atoms with Crippen LogP contribution in [0.2, 0.25) is 0 Å². The van der Waals surface area contributed by atoms with E-state index >= 15 is 0 Å². The molecule has 0 atom stereocenters. The van der Waals surface area contributed by atoms with E-state index in [0.29, 0.717) is 5.76 Å². The van der Waals surface area contributed by atoms with Crippen molar-refractivity contribution in [3.8, 4) is 0 Å². The average molecular weight is 142 g/mol. The van der Waals surface area contributed by atoms with Crippen LogP contribution in [0.25, 0.3) is 0 Å². The molecule has 1 aliphatic rings. The van der Waals surface area contributed by atoms with Gasteiger partial charge in [0.15, 0.2) is 0 Å². The number of allylic oxidation sites excluding steroid dienone is 2. The summed E-state index contributed by atoms with van der Waals surface area (Å²) < 4.78 is 0. The minimum atomic E-state index is 0. The van der Waals surface area contributed by atoms with Crippen molar-refractivity contribution in [2.45, 2.75) is 46.0 Å². The van der Waals surface area contributed by atoms with Crippen molar-refractivity contribution in [1.29, 1.82) is 0 Å². The number of aliphatic hydroxyl groups is 1. The van der Waals surface area contributed by atoms with E-state index in [2.05, 4.69) is 0 Å². The first-order chi connectivity index (χ1) is 4.39. The molecule has 0 saturated carbocycles. The van der Waals surface area contributed by atoms with E-state index in [1.165, 1.54) is 25.7 Å². The van der Waals surface area contributed by atoms with Gasteiger partial charge in [0.25, 0.3) is 0 Å². The minimum absolute atomic E-state index is 0. The molecule has 1 N–H and O–H groups in total. The highest BCUT2D eigenvalue weighted by molar-refractivity contribution is 4.91. The summed E-state index contributed by atoms with van der Waals surface area (Å²) in [4.78, 5) is 0. The molecule has 0 heterocycles. The lowest BCUT2D eigenvalue weighted by Gasteiger charge is -2.04. The Hall–Kier alpha value is -0.460. The number of hydrogen-bond acceptors (Lipinski definition) is 1. The summed E-state index contributed by atoms with van der Waals surface area (Å²) in [5.41, 5.74) is 0. The molecule has 0 unspecified atom stereocenters. The lowest BCUT2D eigenvalue weighted by molar-refractivity contribution is 0.372. The third-order valence-corrected chi connectivity index (χ3v) is 1.77. The number of rotatable bonds is 0. The molecule has 0 amide bonds. The van der Waals surface area contributed by atoms with E-state index in [0.717, 1.165) is 12.8 Å². The maximum atomic E-state index is 9.08. The van der Waals surface area contributed by atoms with Gasteiger partial charge in [0, 0.05) is 6.42 Å². The normalized spacial score (nSPS) is 25.0. The van der Waals surface area contributed by atoms with Gasteiger partial charge in [-0.3, -0.25) is 0 Å². The molecule has 0 bridgehead atoms. The summed E-state index contributed by atoms with van der Waals surface area (Å²) in [5.74, 6) is 0.606. The van der Waals surface area contributed by atoms with Gasteiger partial charge in [-0.25, -0.2) is 0 Å². The fourth-order valence-electron chi connectivity index (χ4n) is 1.17. The Kier molecular flexibility index (Phi) is 5.09. The molecular formula is C9H18O. The Morgan fingerprint density at radius 2 is 1.80 bits per heavy atom. The van der Waals surface area contributed by atoms with Crippen LogP contribution in [0.4, 0.5) is 0 Å². The third-order valence-electron chi connectivity index (χ3n) is 1.77. The minimum Gasteiger partial charge on any atom is -0.513 e. The van der Waals surface area contributed by atoms with Gasteiger partial charge < -0.3 is 5.11 Å². The first kappa shape index (κ1) is 9.54. The fourth-order valence-corrected chi connectivity index (χ4v) is 1.17. The van der Waals surface area contributed by atoms with E-state index in [-0.39, 0.29) is 7.43 Å². The van der Waals surface area contributed by atoms with Crippen LogP contribution in [-0.2, 0) is 0 Å². The molecule has 10 heavy (non-hydrogen) atoms. The summed E-state index contributed by atoms with van der Waals surface area (Å²) >= 11 is 0. The van der Waals surface area contributed by atoms with Crippen LogP contribution < -0.4 is 0 Å². The second-order valence-corrected chi connectivity index (χ2v) is 2.65. The molecular weight excluding hydrogens is 124 g/mol. The van der Waals surface area contributed by atoms with Gasteiger partial charge in [-0.2, -0.15) is 0 Å². The predicted octanol–water partition coefficient (Wildman–Crippen LogP) is 3.42.